The third-order valence-electron chi connectivity index (χ3n) is 2.17. The molecule has 0 unspecified atom stereocenters. The highest BCUT2D eigenvalue weighted by atomic mass is 19.1. The number of rotatable bonds is 4. The number of anilines is 1. The van der Waals surface area contributed by atoms with E-state index in [0.717, 1.165) is 12.1 Å². The van der Waals surface area contributed by atoms with Crippen LogP contribution in [0, 0.1) is 5.82 Å². The Morgan fingerprint density at radius 2 is 2.12 bits per heavy atom. The topological polar surface area (TPSA) is 46.6 Å². The summed E-state index contributed by atoms with van der Waals surface area (Å²) >= 11 is 0. The standard InChI is InChI=1S/C12H14FNO3/c1-4-17-12(16)10-6-9(13)5-8(7-15)11(10)14(2)3/h5-7H,4H2,1-3H3. The van der Waals surface area contributed by atoms with Crippen LogP contribution in [0.4, 0.5) is 10.1 Å². The SMILES string of the molecule is CCOC(=O)c1cc(F)cc(C=O)c1N(C)C. The maximum Gasteiger partial charge on any atom is 0.340 e. The fourth-order valence-corrected chi connectivity index (χ4v) is 1.57. The zero-order valence-electron chi connectivity index (χ0n) is 9.99. The van der Waals surface area contributed by atoms with Crippen LogP contribution in [0.5, 0.6) is 0 Å². The number of carbonyl (C=O) groups is 2. The molecule has 5 heteroatoms. The van der Waals surface area contributed by atoms with Gasteiger partial charge in [0.05, 0.1) is 17.9 Å². The number of nitrogens with zero attached hydrogens (tertiary/aromatic N) is 1. The van der Waals surface area contributed by atoms with Gasteiger partial charge in [0.25, 0.3) is 0 Å². The molecule has 0 saturated carbocycles. The van der Waals surface area contributed by atoms with Crippen molar-refractivity contribution in [1.29, 1.82) is 0 Å². The molecule has 0 atom stereocenters. The van der Waals surface area contributed by atoms with Gasteiger partial charge in [-0.25, -0.2) is 9.18 Å². The molecule has 0 radical (unpaired) electrons. The average molecular weight is 239 g/mol. The molecule has 1 aromatic rings. The lowest BCUT2D eigenvalue weighted by Crippen LogP contribution is -2.18. The van der Waals surface area contributed by atoms with E-state index in [1.807, 2.05) is 0 Å². The molecule has 0 saturated heterocycles. The number of esters is 1. The smallest absolute Gasteiger partial charge is 0.340 e. The van der Waals surface area contributed by atoms with E-state index in [0.29, 0.717) is 12.0 Å². The van der Waals surface area contributed by atoms with Crippen molar-refractivity contribution < 1.29 is 18.7 Å². The van der Waals surface area contributed by atoms with Gasteiger partial charge in [0.2, 0.25) is 0 Å². The van der Waals surface area contributed by atoms with Crippen LogP contribution < -0.4 is 4.90 Å². The highest BCUT2D eigenvalue weighted by Crippen LogP contribution is 2.25. The summed E-state index contributed by atoms with van der Waals surface area (Å²) in [6.45, 7) is 1.85. The monoisotopic (exact) mass is 239 g/mol. The molecule has 0 aliphatic heterocycles. The summed E-state index contributed by atoms with van der Waals surface area (Å²) in [5.74, 6) is -1.28. The van der Waals surface area contributed by atoms with Crippen molar-refractivity contribution in [2.75, 3.05) is 25.6 Å². The summed E-state index contributed by atoms with van der Waals surface area (Å²) in [6, 6.07) is 2.16. The number of aldehydes is 1. The van der Waals surface area contributed by atoms with Gasteiger partial charge < -0.3 is 9.64 Å². The van der Waals surface area contributed by atoms with E-state index in [1.165, 1.54) is 0 Å². The van der Waals surface area contributed by atoms with Gasteiger partial charge in [-0.15, -0.1) is 0 Å². The van der Waals surface area contributed by atoms with Crippen LogP contribution >= 0.6 is 0 Å². The van der Waals surface area contributed by atoms with E-state index >= 15 is 0 Å². The molecule has 0 aliphatic rings. The number of hydrogen-bond donors (Lipinski definition) is 0. The summed E-state index contributed by atoms with van der Waals surface area (Å²) in [5.41, 5.74) is 0.539. The van der Waals surface area contributed by atoms with Crippen molar-refractivity contribution in [3.63, 3.8) is 0 Å². The van der Waals surface area contributed by atoms with Crippen LogP contribution in [0.2, 0.25) is 0 Å². The van der Waals surface area contributed by atoms with Gasteiger partial charge in [-0.05, 0) is 19.1 Å². The lowest BCUT2D eigenvalue weighted by molar-refractivity contribution is 0.0526. The number of ether oxygens (including phenoxy) is 1. The maximum absolute atomic E-state index is 13.3. The predicted molar refractivity (Wildman–Crippen MR) is 62.1 cm³/mol. The van der Waals surface area contributed by atoms with Gasteiger partial charge in [-0.2, -0.15) is 0 Å². The summed E-state index contributed by atoms with van der Waals surface area (Å²) in [7, 11) is 3.34. The van der Waals surface area contributed by atoms with Crippen LogP contribution in [0.25, 0.3) is 0 Å². The third-order valence-corrected chi connectivity index (χ3v) is 2.17. The molecule has 0 bridgehead atoms. The molecule has 0 aliphatic carbocycles. The minimum absolute atomic E-state index is 0.0546. The predicted octanol–water partition coefficient (Wildman–Crippen LogP) is 1.88. The number of benzene rings is 1. The van der Waals surface area contributed by atoms with Gasteiger partial charge >= 0.3 is 5.97 Å². The Morgan fingerprint density at radius 3 is 2.59 bits per heavy atom. The average Bonchev–Trinajstić information content (AvgIpc) is 2.27. The Balaban J connectivity index is 3.40. The minimum Gasteiger partial charge on any atom is -0.462 e. The van der Waals surface area contributed by atoms with E-state index in [4.69, 9.17) is 4.74 Å². The van der Waals surface area contributed by atoms with Gasteiger partial charge in [-0.3, -0.25) is 4.79 Å². The molecule has 4 nitrogen and oxygen atoms in total. The molecular weight excluding hydrogens is 225 g/mol. The lowest BCUT2D eigenvalue weighted by Gasteiger charge is -2.18. The van der Waals surface area contributed by atoms with Gasteiger partial charge in [-0.1, -0.05) is 0 Å². The fraction of sp³-hybridized carbons (Fsp3) is 0.333. The van der Waals surface area contributed by atoms with E-state index in [-0.39, 0.29) is 17.7 Å². The van der Waals surface area contributed by atoms with Gasteiger partial charge in [0, 0.05) is 19.7 Å². The van der Waals surface area contributed by atoms with Crippen molar-refractivity contribution in [3.05, 3.63) is 29.1 Å². The van der Waals surface area contributed by atoms with Crippen molar-refractivity contribution in [2.24, 2.45) is 0 Å². The van der Waals surface area contributed by atoms with Crippen LogP contribution in [-0.4, -0.2) is 33.0 Å². The first-order valence-corrected chi connectivity index (χ1v) is 5.14. The largest absolute Gasteiger partial charge is 0.462 e. The molecule has 0 N–H and O–H groups in total. The number of hydrogen-bond acceptors (Lipinski definition) is 4. The molecule has 1 aromatic carbocycles. The second kappa shape index (κ2) is 5.43. The Hall–Kier alpha value is -1.91. The molecule has 92 valence electrons. The molecular formula is C12H14FNO3. The molecule has 0 fully saturated rings. The number of carbonyl (C=O) groups excluding carboxylic acids is 2. The van der Waals surface area contributed by atoms with Crippen LogP contribution in [0.15, 0.2) is 12.1 Å². The molecule has 0 aromatic heterocycles. The quantitative estimate of drug-likeness (QED) is 0.594. The summed E-state index contributed by atoms with van der Waals surface area (Å²) in [6.07, 6.45) is 0.515. The second-order valence-corrected chi connectivity index (χ2v) is 3.62. The Bertz CT molecular complexity index is 444. The summed E-state index contributed by atoms with van der Waals surface area (Å²) < 4.78 is 18.1. The van der Waals surface area contributed by atoms with E-state index < -0.39 is 11.8 Å². The first-order chi connectivity index (χ1) is 8.01. The van der Waals surface area contributed by atoms with Crippen LogP contribution in [-0.2, 0) is 4.74 Å². The highest BCUT2D eigenvalue weighted by Gasteiger charge is 2.19. The highest BCUT2D eigenvalue weighted by molar-refractivity contribution is 6.01. The Morgan fingerprint density at radius 1 is 1.47 bits per heavy atom. The maximum atomic E-state index is 13.3. The third kappa shape index (κ3) is 2.81. The lowest BCUT2D eigenvalue weighted by atomic mass is 10.1. The molecule has 0 heterocycles. The minimum atomic E-state index is -0.640. The molecule has 0 amide bonds. The van der Waals surface area contributed by atoms with E-state index in [2.05, 4.69) is 0 Å². The van der Waals surface area contributed by atoms with Crippen molar-refractivity contribution in [2.45, 2.75) is 6.92 Å². The molecule has 0 spiro atoms. The second-order valence-electron chi connectivity index (χ2n) is 3.62. The summed E-state index contributed by atoms with van der Waals surface area (Å²) in [5, 5.41) is 0. The van der Waals surface area contributed by atoms with Gasteiger partial charge in [0.1, 0.15) is 5.82 Å². The van der Waals surface area contributed by atoms with Gasteiger partial charge in [0.15, 0.2) is 6.29 Å². The first kappa shape index (κ1) is 13.2. The number of halogens is 1. The van der Waals surface area contributed by atoms with Crippen molar-refractivity contribution in [3.8, 4) is 0 Å². The van der Waals surface area contributed by atoms with Crippen LogP contribution in [0.3, 0.4) is 0 Å². The zero-order valence-corrected chi connectivity index (χ0v) is 9.99. The van der Waals surface area contributed by atoms with E-state index in [9.17, 15) is 14.0 Å². The zero-order chi connectivity index (χ0) is 13.0. The van der Waals surface area contributed by atoms with E-state index in [1.54, 1.807) is 25.9 Å². The van der Waals surface area contributed by atoms with Crippen molar-refractivity contribution in [1.82, 2.24) is 0 Å². The molecule has 1 rings (SSSR count). The van der Waals surface area contributed by atoms with Crippen molar-refractivity contribution >= 4 is 17.9 Å². The fourth-order valence-electron chi connectivity index (χ4n) is 1.57. The Kier molecular flexibility index (Phi) is 4.20. The molecule has 17 heavy (non-hydrogen) atoms. The normalized spacial score (nSPS) is 9.88. The summed E-state index contributed by atoms with van der Waals surface area (Å²) in [4.78, 5) is 24.1. The first-order valence-electron chi connectivity index (χ1n) is 5.14. The van der Waals surface area contributed by atoms with Crippen LogP contribution in [0.1, 0.15) is 27.6 Å². The Labute approximate surface area is 99.0 Å².